The number of carbonyl (C=O) groups is 2. The Hall–Kier alpha value is -3.31. The summed E-state index contributed by atoms with van der Waals surface area (Å²) in [6, 6.07) is 20.7. The molecule has 0 aliphatic carbocycles. The topological polar surface area (TPSA) is 55.8 Å². The molecule has 1 heterocycles. The molecule has 0 atom stereocenters. The van der Waals surface area contributed by atoms with E-state index in [0.717, 1.165) is 22.4 Å². The molecule has 0 saturated heterocycles. The SMILES string of the molecule is CCOC(=O)Cc1ccc(N2Cc3c(OCc4ccccc4)ccc(Cl)c3C2=O)cc1. The molecule has 0 unspecified atom stereocenters. The lowest BCUT2D eigenvalue weighted by Gasteiger charge is -2.16. The molecule has 31 heavy (non-hydrogen) atoms. The van der Waals surface area contributed by atoms with Gasteiger partial charge in [-0.2, -0.15) is 0 Å². The molecule has 1 aliphatic rings. The van der Waals surface area contributed by atoms with Crippen LogP contribution in [0.2, 0.25) is 5.02 Å². The lowest BCUT2D eigenvalue weighted by molar-refractivity contribution is -0.142. The van der Waals surface area contributed by atoms with Gasteiger partial charge in [0.05, 0.1) is 30.2 Å². The lowest BCUT2D eigenvalue weighted by atomic mass is 10.1. The minimum Gasteiger partial charge on any atom is -0.489 e. The number of hydrogen-bond donors (Lipinski definition) is 0. The molecule has 3 aromatic carbocycles. The summed E-state index contributed by atoms with van der Waals surface area (Å²) in [4.78, 5) is 26.4. The van der Waals surface area contributed by atoms with Gasteiger partial charge in [-0.1, -0.05) is 54.1 Å². The molecule has 0 spiro atoms. The van der Waals surface area contributed by atoms with Crippen LogP contribution in [0.15, 0.2) is 66.7 Å². The normalized spacial score (nSPS) is 12.6. The highest BCUT2D eigenvalue weighted by atomic mass is 35.5. The van der Waals surface area contributed by atoms with E-state index in [1.54, 1.807) is 17.9 Å². The maximum absolute atomic E-state index is 13.1. The Morgan fingerprint density at radius 1 is 1.00 bits per heavy atom. The lowest BCUT2D eigenvalue weighted by Crippen LogP contribution is -2.23. The van der Waals surface area contributed by atoms with E-state index >= 15 is 0 Å². The van der Waals surface area contributed by atoms with Crippen molar-refractivity contribution in [2.75, 3.05) is 11.5 Å². The van der Waals surface area contributed by atoms with Crippen LogP contribution in [0.1, 0.15) is 34.0 Å². The number of hydrogen-bond acceptors (Lipinski definition) is 4. The van der Waals surface area contributed by atoms with Gasteiger partial charge in [-0.25, -0.2) is 0 Å². The predicted molar refractivity (Wildman–Crippen MR) is 120 cm³/mol. The molecule has 1 aliphatic heterocycles. The Kier molecular flexibility index (Phi) is 6.23. The van der Waals surface area contributed by atoms with Crippen LogP contribution in [0.3, 0.4) is 0 Å². The van der Waals surface area contributed by atoms with Gasteiger partial charge in [0.25, 0.3) is 5.91 Å². The van der Waals surface area contributed by atoms with Crippen molar-refractivity contribution in [2.45, 2.75) is 26.5 Å². The van der Waals surface area contributed by atoms with Crippen LogP contribution >= 0.6 is 11.6 Å². The summed E-state index contributed by atoms with van der Waals surface area (Å²) in [7, 11) is 0. The molecule has 0 bridgehead atoms. The Balaban J connectivity index is 1.53. The summed E-state index contributed by atoms with van der Waals surface area (Å²) >= 11 is 6.36. The molecule has 5 nitrogen and oxygen atoms in total. The summed E-state index contributed by atoms with van der Waals surface area (Å²) in [6.07, 6.45) is 0.200. The molecule has 6 heteroatoms. The number of anilines is 1. The zero-order valence-corrected chi connectivity index (χ0v) is 17.9. The molecule has 3 aromatic rings. The number of fused-ring (bicyclic) bond motifs is 1. The molecule has 4 rings (SSSR count). The molecule has 0 N–H and O–H groups in total. The van der Waals surface area contributed by atoms with Crippen LogP contribution in [0.5, 0.6) is 5.75 Å². The highest BCUT2D eigenvalue weighted by Gasteiger charge is 2.33. The first-order valence-electron chi connectivity index (χ1n) is 10.1. The largest absolute Gasteiger partial charge is 0.489 e. The van der Waals surface area contributed by atoms with Crippen molar-refractivity contribution in [1.29, 1.82) is 0 Å². The smallest absolute Gasteiger partial charge is 0.310 e. The monoisotopic (exact) mass is 435 g/mol. The second-order valence-corrected chi connectivity index (χ2v) is 7.62. The van der Waals surface area contributed by atoms with E-state index in [4.69, 9.17) is 21.1 Å². The highest BCUT2D eigenvalue weighted by Crippen LogP contribution is 2.38. The summed E-state index contributed by atoms with van der Waals surface area (Å²) in [5, 5.41) is 0.411. The minimum atomic E-state index is -0.271. The van der Waals surface area contributed by atoms with Crippen LogP contribution in [-0.2, 0) is 29.1 Å². The summed E-state index contributed by atoms with van der Waals surface area (Å²) < 4.78 is 11.0. The van der Waals surface area contributed by atoms with Crippen LogP contribution in [0.4, 0.5) is 5.69 Å². The van der Waals surface area contributed by atoms with Crippen LogP contribution in [0.25, 0.3) is 0 Å². The van der Waals surface area contributed by atoms with E-state index in [2.05, 4.69) is 0 Å². The maximum Gasteiger partial charge on any atom is 0.310 e. The van der Waals surface area contributed by atoms with Gasteiger partial charge in [-0.3, -0.25) is 9.59 Å². The number of benzene rings is 3. The van der Waals surface area contributed by atoms with Crippen molar-refractivity contribution in [3.05, 3.63) is 94.0 Å². The number of ether oxygens (including phenoxy) is 2. The van der Waals surface area contributed by atoms with Gasteiger partial charge in [0.15, 0.2) is 0 Å². The Morgan fingerprint density at radius 2 is 1.74 bits per heavy atom. The average molecular weight is 436 g/mol. The van der Waals surface area contributed by atoms with Crippen LogP contribution < -0.4 is 9.64 Å². The fraction of sp³-hybridized carbons (Fsp3) is 0.200. The van der Waals surface area contributed by atoms with Gasteiger partial charge in [0.2, 0.25) is 0 Å². The van der Waals surface area contributed by atoms with Gasteiger partial charge in [-0.05, 0) is 42.3 Å². The Bertz CT molecular complexity index is 1100. The highest BCUT2D eigenvalue weighted by molar-refractivity contribution is 6.35. The predicted octanol–water partition coefficient (Wildman–Crippen LogP) is 5.19. The molecule has 1 amide bonds. The second kappa shape index (κ2) is 9.23. The summed E-state index contributed by atoms with van der Waals surface area (Å²) in [5.74, 6) is 0.216. The zero-order valence-electron chi connectivity index (χ0n) is 17.1. The van der Waals surface area contributed by atoms with Crippen molar-refractivity contribution < 1.29 is 19.1 Å². The van der Waals surface area contributed by atoms with E-state index in [1.165, 1.54) is 0 Å². The average Bonchev–Trinajstić information content (AvgIpc) is 3.13. The van der Waals surface area contributed by atoms with Crippen LogP contribution in [0, 0.1) is 0 Å². The van der Waals surface area contributed by atoms with E-state index in [0.29, 0.717) is 36.1 Å². The van der Waals surface area contributed by atoms with Gasteiger partial charge < -0.3 is 14.4 Å². The first-order chi connectivity index (χ1) is 15.1. The third-order valence-electron chi connectivity index (χ3n) is 5.13. The number of carbonyl (C=O) groups excluding carboxylic acids is 2. The minimum absolute atomic E-state index is 0.164. The number of halogens is 1. The molecule has 0 saturated carbocycles. The van der Waals surface area contributed by atoms with Crippen molar-refractivity contribution in [3.63, 3.8) is 0 Å². The van der Waals surface area contributed by atoms with E-state index < -0.39 is 0 Å². The standard InChI is InChI=1S/C25H22ClNO4/c1-2-30-23(28)14-17-8-10-19(11-9-17)27-15-20-22(13-12-21(26)24(20)25(27)29)31-16-18-6-4-3-5-7-18/h3-13H,2,14-16H2,1H3. The maximum atomic E-state index is 13.1. The van der Waals surface area contributed by atoms with Gasteiger partial charge in [0, 0.05) is 11.3 Å². The number of amides is 1. The fourth-order valence-corrected chi connectivity index (χ4v) is 3.86. The van der Waals surface area contributed by atoms with Gasteiger partial charge in [-0.15, -0.1) is 0 Å². The van der Waals surface area contributed by atoms with E-state index in [1.807, 2.05) is 60.7 Å². The van der Waals surface area contributed by atoms with Gasteiger partial charge >= 0.3 is 5.97 Å². The Labute approximate surface area is 186 Å². The van der Waals surface area contributed by atoms with Crippen molar-refractivity contribution in [2.24, 2.45) is 0 Å². The third-order valence-corrected chi connectivity index (χ3v) is 5.45. The molecule has 0 fully saturated rings. The first-order valence-corrected chi connectivity index (χ1v) is 10.5. The Morgan fingerprint density at radius 3 is 2.45 bits per heavy atom. The van der Waals surface area contributed by atoms with Crippen molar-refractivity contribution in [3.8, 4) is 5.75 Å². The van der Waals surface area contributed by atoms with Gasteiger partial charge in [0.1, 0.15) is 12.4 Å². The molecule has 0 radical (unpaired) electrons. The first kappa shape index (κ1) is 20.9. The number of nitrogens with zero attached hydrogens (tertiary/aromatic N) is 1. The van der Waals surface area contributed by atoms with E-state index in [9.17, 15) is 9.59 Å². The number of rotatable bonds is 7. The molecule has 0 aromatic heterocycles. The van der Waals surface area contributed by atoms with Crippen molar-refractivity contribution in [1.82, 2.24) is 0 Å². The quantitative estimate of drug-likeness (QED) is 0.479. The summed E-state index contributed by atoms with van der Waals surface area (Å²) in [6.45, 7) is 2.91. The second-order valence-electron chi connectivity index (χ2n) is 7.21. The molecule has 158 valence electrons. The number of esters is 1. The fourth-order valence-electron chi connectivity index (χ4n) is 3.60. The zero-order chi connectivity index (χ0) is 21.8. The third kappa shape index (κ3) is 4.57. The van der Waals surface area contributed by atoms with Crippen molar-refractivity contribution >= 4 is 29.2 Å². The molecular weight excluding hydrogens is 414 g/mol. The molecular formula is C25H22ClNO4. The summed E-state index contributed by atoms with van der Waals surface area (Å²) in [5.41, 5.74) is 3.87. The van der Waals surface area contributed by atoms with Crippen LogP contribution in [-0.4, -0.2) is 18.5 Å². The van der Waals surface area contributed by atoms with E-state index in [-0.39, 0.29) is 18.3 Å².